The van der Waals surface area contributed by atoms with Crippen LogP contribution in [0.15, 0.2) is 12.5 Å². The first kappa shape index (κ1) is 12.2. The number of hydrogen-bond acceptors (Lipinski definition) is 2. The van der Waals surface area contributed by atoms with E-state index in [1.54, 1.807) is 0 Å². The molecule has 1 heterocycles. The summed E-state index contributed by atoms with van der Waals surface area (Å²) >= 11 is 0. The van der Waals surface area contributed by atoms with Crippen LogP contribution in [0.2, 0.25) is 0 Å². The fourth-order valence-electron chi connectivity index (χ4n) is 3.08. The maximum atomic E-state index is 4.37. The molecule has 2 fully saturated rings. The first-order valence-corrected chi connectivity index (χ1v) is 7.57. The van der Waals surface area contributed by atoms with E-state index < -0.39 is 0 Å². The van der Waals surface area contributed by atoms with E-state index in [9.17, 15) is 0 Å². The summed E-state index contributed by atoms with van der Waals surface area (Å²) in [6, 6.07) is 1.47. The zero-order valence-corrected chi connectivity index (χ0v) is 11.4. The SMILES string of the molecule is CC1CCCC(n2cncc2CNC2CC2)CC1. The quantitative estimate of drug-likeness (QED) is 0.828. The zero-order valence-electron chi connectivity index (χ0n) is 11.4. The van der Waals surface area contributed by atoms with Gasteiger partial charge in [-0.3, -0.25) is 0 Å². The molecule has 18 heavy (non-hydrogen) atoms. The van der Waals surface area contributed by atoms with Crippen LogP contribution < -0.4 is 5.32 Å². The third-order valence-corrected chi connectivity index (χ3v) is 4.52. The highest BCUT2D eigenvalue weighted by atomic mass is 15.1. The van der Waals surface area contributed by atoms with E-state index in [1.165, 1.54) is 50.6 Å². The minimum atomic E-state index is 0.688. The molecule has 0 aliphatic heterocycles. The number of nitrogens with one attached hydrogen (secondary N) is 1. The highest BCUT2D eigenvalue weighted by Crippen LogP contribution is 2.31. The summed E-state index contributed by atoms with van der Waals surface area (Å²) in [7, 11) is 0. The summed E-state index contributed by atoms with van der Waals surface area (Å²) in [6.07, 6.45) is 13.6. The number of hydrogen-bond donors (Lipinski definition) is 1. The second-order valence-corrected chi connectivity index (χ2v) is 6.21. The fraction of sp³-hybridized carbons (Fsp3) is 0.800. The summed E-state index contributed by atoms with van der Waals surface area (Å²) in [5, 5.41) is 3.60. The van der Waals surface area contributed by atoms with Crippen molar-refractivity contribution in [3.8, 4) is 0 Å². The number of nitrogens with zero attached hydrogens (tertiary/aromatic N) is 2. The topological polar surface area (TPSA) is 29.9 Å². The van der Waals surface area contributed by atoms with Gasteiger partial charge in [-0.25, -0.2) is 4.98 Å². The van der Waals surface area contributed by atoms with Crippen molar-refractivity contribution in [2.24, 2.45) is 5.92 Å². The lowest BCUT2D eigenvalue weighted by Gasteiger charge is -2.19. The Kier molecular flexibility index (Phi) is 3.69. The molecular formula is C15H25N3. The van der Waals surface area contributed by atoms with Gasteiger partial charge in [-0.2, -0.15) is 0 Å². The Bertz CT molecular complexity index is 381. The zero-order chi connectivity index (χ0) is 12.4. The maximum absolute atomic E-state index is 4.37. The minimum absolute atomic E-state index is 0.688. The third kappa shape index (κ3) is 2.94. The van der Waals surface area contributed by atoms with Crippen molar-refractivity contribution in [1.82, 2.24) is 14.9 Å². The van der Waals surface area contributed by atoms with Crippen molar-refractivity contribution in [1.29, 1.82) is 0 Å². The average Bonchev–Trinajstić information content (AvgIpc) is 3.12. The Hall–Kier alpha value is -0.830. The highest BCUT2D eigenvalue weighted by Gasteiger charge is 2.22. The summed E-state index contributed by atoms with van der Waals surface area (Å²) in [6.45, 7) is 3.39. The Morgan fingerprint density at radius 3 is 2.94 bits per heavy atom. The van der Waals surface area contributed by atoms with Crippen molar-refractivity contribution in [3.05, 3.63) is 18.2 Å². The van der Waals surface area contributed by atoms with Gasteiger partial charge < -0.3 is 9.88 Å². The number of aromatic nitrogens is 2. The molecule has 2 atom stereocenters. The molecule has 100 valence electrons. The molecular weight excluding hydrogens is 222 g/mol. The predicted molar refractivity (Wildman–Crippen MR) is 73.4 cm³/mol. The summed E-state index contributed by atoms with van der Waals surface area (Å²) in [5.41, 5.74) is 1.38. The molecule has 2 unspecified atom stereocenters. The Balaban J connectivity index is 1.64. The first-order chi connectivity index (χ1) is 8.83. The molecule has 1 N–H and O–H groups in total. The van der Waals surface area contributed by atoms with Crippen molar-refractivity contribution in [2.45, 2.75) is 70.5 Å². The van der Waals surface area contributed by atoms with Gasteiger partial charge in [-0.1, -0.05) is 19.8 Å². The van der Waals surface area contributed by atoms with Gasteiger partial charge in [0.25, 0.3) is 0 Å². The summed E-state index contributed by atoms with van der Waals surface area (Å²) < 4.78 is 2.44. The van der Waals surface area contributed by atoms with Gasteiger partial charge in [0.1, 0.15) is 0 Å². The molecule has 2 aliphatic rings. The van der Waals surface area contributed by atoms with Crippen LogP contribution in [-0.2, 0) is 6.54 Å². The molecule has 1 aromatic rings. The van der Waals surface area contributed by atoms with E-state index >= 15 is 0 Å². The molecule has 2 saturated carbocycles. The Morgan fingerprint density at radius 1 is 1.22 bits per heavy atom. The van der Waals surface area contributed by atoms with Crippen LogP contribution in [0.5, 0.6) is 0 Å². The Morgan fingerprint density at radius 2 is 2.11 bits per heavy atom. The van der Waals surface area contributed by atoms with Crippen molar-refractivity contribution >= 4 is 0 Å². The monoisotopic (exact) mass is 247 g/mol. The lowest BCUT2D eigenvalue weighted by atomic mass is 10.0. The van der Waals surface area contributed by atoms with E-state index in [2.05, 4.69) is 21.8 Å². The van der Waals surface area contributed by atoms with Crippen LogP contribution in [-0.4, -0.2) is 15.6 Å². The molecule has 3 heteroatoms. The molecule has 2 aliphatic carbocycles. The van der Waals surface area contributed by atoms with Crippen LogP contribution >= 0.6 is 0 Å². The summed E-state index contributed by atoms with van der Waals surface area (Å²) in [4.78, 5) is 4.37. The van der Waals surface area contributed by atoms with Crippen LogP contribution in [0.4, 0.5) is 0 Å². The maximum Gasteiger partial charge on any atom is 0.0951 e. The van der Waals surface area contributed by atoms with Gasteiger partial charge in [0, 0.05) is 24.8 Å². The third-order valence-electron chi connectivity index (χ3n) is 4.52. The number of rotatable bonds is 4. The molecule has 0 aromatic carbocycles. The largest absolute Gasteiger partial charge is 0.330 e. The van der Waals surface area contributed by atoms with Gasteiger partial charge in [0.05, 0.1) is 12.0 Å². The van der Waals surface area contributed by atoms with Gasteiger partial charge in [-0.05, 0) is 38.0 Å². The van der Waals surface area contributed by atoms with Crippen LogP contribution in [0.25, 0.3) is 0 Å². The van der Waals surface area contributed by atoms with E-state index in [4.69, 9.17) is 0 Å². The number of imidazole rings is 1. The van der Waals surface area contributed by atoms with Crippen molar-refractivity contribution in [2.75, 3.05) is 0 Å². The molecule has 3 rings (SSSR count). The van der Waals surface area contributed by atoms with Gasteiger partial charge in [-0.15, -0.1) is 0 Å². The fourth-order valence-corrected chi connectivity index (χ4v) is 3.08. The summed E-state index contributed by atoms with van der Waals surface area (Å²) in [5.74, 6) is 0.909. The molecule has 0 spiro atoms. The van der Waals surface area contributed by atoms with Gasteiger partial charge in [0.15, 0.2) is 0 Å². The molecule has 0 saturated heterocycles. The van der Waals surface area contributed by atoms with Crippen LogP contribution in [0.3, 0.4) is 0 Å². The second kappa shape index (κ2) is 5.43. The Labute approximate surface area is 110 Å². The molecule has 3 nitrogen and oxygen atoms in total. The van der Waals surface area contributed by atoms with Crippen molar-refractivity contribution < 1.29 is 0 Å². The van der Waals surface area contributed by atoms with Gasteiger partial charge in [0.2, 0.25) is 0 Å². The van der Waals surface area contributed by atoms with Gasteiger partial charge >= 0.3 is 0 Å². The highest BCUT2D eigenvalue weighted by molar-refractivity contribution is 5.02. The van der Waals surface area contributed by atoms with E-state index in [0.717, 1.165) is 18.5 Å². The smallest absolute Gasteiger partial charge is 0.0951 e. The standard InChI is InChI=1S/C15H25N3/c1-12-3-2-4-14(8-5-12)18-11-16-9-15(18)10-17-13-6-7-13/h9,11-14,17H,2-8,10H2,1H3. The van der Waals surface area contributed by atoms with Crippen LogP contribution in [0.1, 0.15) is 63.6 Å². The van der Waals surface area contributed by atoms with Crippen LogP contribution in [0, 0.1) is 5.92 Å². The lowest BCUT2D eigenvalue weighted by molar-refractivity contribution is 0.418. The normalized spacial score (nSPS) is 29.2. The predicted octanol–water partition coefficient (Wildman–Crippen LogP) is 3.28. The van der Waals surface area contributed by atoms with E-state index in [0.29, 0.717) is 6.04 Å². The lowest BCUT2D eigenvalue weighted by Crippen LogP contribution is -2.19. The molecule has 1 aromatic heterocycles. The average molecular weight is 247 g/mol. The van der Waals surface area contributed by atoms with E-state index in [-0.39, 0.29) is 0 Å². The van der Waals surface area contributed by atoms with Crippen molar-refractivity contribution in [3.63, 3.8) is 0 Å². The molecule has 0 bridgehead atoms. The van der Waals surface area contributed by atoms with E-state index in [1.807, 2.05) is 12.5 Å². The minimum Gasteiger partial charge on any atom is -0.330 e. The second-order valence-electron chi connectivity index (χ2n) is 6.21. The first-order valence-electron chi connectivity index (χ1n) is 7.57. The molecule has 0 radical (unpaired) electrons. The molecule has 0 amide bonds.